The third-order valence-corrected chi connectivity index (χ3v) is 6.41. The summed E-state index contributed by atoms with van der Waals surface area (Å²) in [5.74, 6) is 1.44. The van der Waals surface area contributed by atoms with E-state index in [1.54, 1.807) is 19.3 Å². The SMILES string of the molecule is CNc1cc(F)cc2c1Cc1nc(Oc3ccc(C)nc3)nc(N3CC4CONC4C3)c1-2. The van der Waals surface area contributed by atoms with E-state index in [0.29, 0.717) is 24.7 Å². The minimum atomic E-state index is -0.286. The summed E-state index contributed by atoms with van der Waals surface area (Å²) in [5, 5.41) is 3.12. The molecule has 1 aliphatic carbocycles. The van der Waals surface area contributed by atoms with E-state index in [1.807, 2.05) is 19.1 Å². The predicted octanol–water partition coefficient (Wildman–Crippen LogP) is 3.06. The Balaban J connectivity index is 1.46. The molecule has 9 heteroatoms. The van der Waals surface area contributed by atoms with Gasteiger partial charge in [0.2, 0.25) is 0 Å². The smallest absolute Gasteiger partial charge is 0.324 e. The van der Waals surface area contributed by atoms with E-state index in [1.165, 1.54) is 6.07 Å². The molecule has 2 aliphatic heterocycles. The fourth-order valence-corrected chi connectivity index (χ4v) is 4.82. The van der Waals surface area contributed by atoms with Crippen LogP contribution in [0.25, 0.3) is 11.1 Å². The van der Waals surface area contributed by atoms with Crippen molar-refractivity contribution in [3.05, 3.63) is 53.2 Å². The number of hydrogen-bond donors (Lipinski definition) is 2. The number of hydrogen-bond acceptors (Lipinski definition) is 8. The summed E-state index contributed by atoms with van der Waals surface area (Å²) >= 11 is 0. The lowest BCUT2D eigenvalue weighted by atomic mass is 10.0. The first-order valence-corrected chi connectivity index (χ1v) is 10.7. The van der Waals surface area contributed by atoms with Crippen LogP contribution in [0.2, 0.25) is 0 Å². The molecule has 2 atom stereocenters. The number of fused-ring (bicyclic) bond motifs is 4. The van der Waals surface area contributed by atoms with Crippen LogP contribution in [0, 0.1) is 18.7 Å². The van der Waals surface area contributed by atoms with Crippen molar-refractivity contribution in [3.8, 4) is 22.9 Å². The van der Waals surface area contributed by atoms with Gasteiger partial charge >= 0.3 is 6.01 Å². The average molecular weight is 434 g/mol. The molecule has 0 spiro atoms. The second kappa shape index (κ2) is 7.39. The molecule has 2 unspecified atom stereocenters. The van der Waals surface area contributed by atoms with Crippen LogP contribution in [0.15, 0.2) is 30.5 Å². The van der Waals surface area contributed by atoms with Gasteiger partial charge in [0.25, 0.3) is 0 Å². The molecule has 0 radical (unpaired) electrons. The van der Waals surface area contributed by atoms with Crippen molar-refractivity contribution in [1.82, 2.24) is 20.4 Å². The first-order valence-electron chi connectivity index (χ1n) is 10.7. The number of nitrogens with zero attached hydrogens (tertiary/aromatic N) is 4. The van der Waals surface area contributed by atoms with Crippen LogP contribution in [0.3, 0.4) is 0 Å². The van der Waals surface area contributed by atoms with Crippen molar-refractivity contribution in [2.45, 2.75) is 19.4 Å². The fourth-order valence-electron chi connectivity index (χ4n) is 4.82. The molecule has 2 saturated heterocycles. The van der Waals surface area contributed by atoms with E-state index in [-0.39, 0.29) is 17.9 Å². The summed E-state index contributed by atoms with van der Waals surface area (Å²) in [7, 11) is 1.80. The molecule has 1 aromatic carbocycles. The topological polar surface area (TPSA) is 84.4 Å². The van der Waals surface area contributed by atoms with Gasteiger partial charge in [0.1, 0.15) is 17.4 Å². The molecule has 4 heterocycles. The molecule has 6 rings (SSSR count). The number of aryl methyl sites for hydroxylation is 1. The van der Waals surface area contributed by atoms with Crippen LogP contribution >= 0.6 is 0 Å². The van der Waals surface area contributed by atoms with Gasteiger partial charge in [-0.05, 0) is 42.3 Å². The van der Waals surface area contributed by atoms with E-state index >= 15 is 0 Å². The summed E-state index contributed by atoms with van der Waals surface area (Å²) in [6.45, 7) is 4.15. The molecule has 32 heavy (non-hydrogen) atoms. The molecule has 0 amide bonds. The van der Waals surface area contributed by atoms with Crippen molar-refractivity contribution in [2.24, 2.45) is 5.92 Å². The van der Waals surface area contributed by atoms with Gasteiger partial charge in [-0.2, -0.15) is 15.4 Å². The van der Waals surface area contributed by atoms with Gasteiger partial charge in [-0.3, -0.25) is 4.98 Å². The summed E-state index contributed by atoms with van der Waals surface area (Å²) in [4.78, 5) is 21.4. The summed E-state index contributed by atoms with van der Waals surface area (Å²) in [6.07, 6.45) is 2.25. The quantitative estimate of drug-likeness (QED) is 0.507. The third-order valence-electron chi connectivity index (χ3n) is 6.41. The number of hydroxylamine groups is 1. The Bertz CT molecular complexity index is 1190. The second-order valence-electron chi connectivity index (χ2n) is 8.50. The summed E-state index contributed by atoms with van der Waals surface area (Å²) in [5.41, 5.74) is 8.35. The molecule has 164 valence electrons. The van der Waals surface area contributed by atoms with Crippen molar-refractivity contribution in [1.29, 1.82) is 0 Å². The van der Waals surface area contributed by atoms with Crippen molar-refractivity contribution in [2.75, 3.05) is 37.0 Å². The number of nitrogens with one attached hydrogen (secondary N) is 2. The summed E-state index contributed by atoms with van der Waals surface area (Å²) < 4.78 is 20.4. The zero-order chi connectivity index (χ0) is 21.8. The fraction of sp³-hybridized carbons (Fsp3) is 0.348. The van der Waals surface area contributed by atoms with Gasteiger partial charge in [0, 0.05) is 49.4 Å². The van der Waals surface area contributed by atoms with Crippen LogP contribution in [-0.2, 0) is 11.3 Å². The van der Waals surface area contributed by atoms with E-state index in [4.69, 9.17) is 19.5 Å². The maximum Gasteiger partial charge on any atom is 0.324 e. The van der Waals surface area contributed by atoms with E-state index in [9.17, 15) is 4.39 Å². The maximum atomic E-state index is 14.4. The number of rotatable bonds is 4. The van der Waals surface area contributed by atoms with Gasteiger partial charge in [-0.25, -0.2) is 4.39 Å². The van der Waals surface area contributed by atoms with E-state index < -0.39 is 0 Å². The van der Waals surface area contributed by atoms with Crippen LogP contribution in [-0.4, -0.2) is 47.7 Å². The minimum Gasteiger partial charge on any atom is -0.423 e. The predicted molar refractivity (Wildman–Crippen MR) is 117 cm³/mol. The Morgan fingerprint density at radius 2 is 2.16 bits per heavy atom. The number of pyridine rings is 1. The second-order valence-corrected chi connectivity index (χ2v) is 8.50. The molecule has 8 nitrogen and oxygen atoms in total. The van der Waals surface area contributed by atoms with Crippen molar-refractivity contribution < 1.29 is 14.0 Å². The number of ether oxygens (including phenoxy) is 1. The highest BCUT2D eigenvalue weighted by atomic mass is 19.1. The molecule has 0 saturated carbocycles. The Labute approximate surface area is 184 Å². The minimum absolute atomic E-state index is 0.243. The molecule has 3 aliphatic rings. The number of anilines is 2. The van der Waals surface area contributed by atoms with Crippen molar-refractivity contribution >= 4 is 11.5 Å². The number of halogens is 1. The largest absolute Gasteiger partial charge is 0.423 e. The van der Waals surface area contributed by atoms with Gasteiger partial charge in [-0.1, -0.05) is 0 Å². The van der Waals surface area contributed by atoms with Gasteiger partial charge < -0.3 is 19.8 Å². The molecule has 2 aromatic heterocycles. The Kier molecular flexibility index (Phi) is 4.48. The highest BCUT2D eigenvalue weighted by Crippen LogP contribution is 2.46. The van der Waals surface area contributed by atoms with Crippen molar-refractivity contribution in [3.63, 3.8) is 0 Å². The van der Waals surface area contributed by atoms with Crippen LogP contribution < -0.4 is 20.4 Å². The lowest BCUT2D eigenvalue weighted by Crippen LogP contribution is -2.30. The number of aromatic nitrogens is 3. The maximum absolute atomic E-state index is 14.4. The van der Waals surface area contributed by atoms with Crippen LogP contribution in [0.1, 0.15) is 17.0 Å². The lowest BCUT2D eigenvalue weighted by molar-refractivity contribution is 0.0846. The summed E-state index contributed by atoms with van der Waals surface area (Å²) in [6, 6.07) is 7.35. The van der Waals surface area contributed by atoms with Gasteiger partial charge in [0.05, 0.1) is 24.5 Å². The molecular formula is C23H23FN6O2. The number of benzene rings is 1. The molecule has 3 aromatic rings. The Morgan fingerprint density at radius 1 is 1.25 bits per heavy atom. The molecule has 2 N–H and O–H groups in total. The highest BCUT2D eigenvalue weighted by Gasteiger charge is 2.40. The first-order chi connectivity index (χ1) is 15.6. The third kappa shape index (κ3) is 3.16. The normalized spacial score (nSPS) is 20.8. The van der Waals surface area contributed by atoms with Gasteiger partial charge in [0.15, 0.2) is 0 Å². The Morgan fingerprint density at radius 3 is 2.94 bits per heavy atom. The monoisotopic (exact) mass is 434 g/mol. The molecule has 0 bridgehead atoms. The van der Waals surface area contributed by atoms with Crippen LogP contribution in [0.4, 0.5) is 15.9 Å². The zero-order valence-electron chi connectivity index (χ0n) is 17.9. The van der Waals surface area contributed by atoms with E-state index in [0.717, 1.165) is 52.7 Å². The zero-order valence-corrected chi connectivity index (χ0v) is 17.9. The average Bonchev–Trinajstić information content (AvgIpc) is 3.47. The Hall–Kier alpha value is -3.30. The first kappa shape index (κ1) is 19.4. The van der Waals surface area contributed by atoms with Crippen LogP contribution in [0.5, 0.6) is 11.8 Å². The van der Waals surface area contributed by atoms with E-state index in [2.05, 4.69) is 20.7 Å². The lowest BCUT2D eigenvalue weighted by Gasteiger charge is -2.22. The molecular weight excluding hydrogens is 411 g/mol. The highest BCUT2D eigenvalue weighted by molar-refractivity contribution is 5.88. The molecule has 2 fully saturated rings. The standard InChI is InChI=1S/C23H23FN6O2/c1-12-3-4-15(8-26-12)32-23-27-19-7-16-17(5-14(24)6-18(16)25-2)21(19)22(28-23)30-9-13-11-31-29-20(13)10-30/h3-6,8,13,20,25,29H,7,9-11H2,1-2H3. The van der Waals surface area contributed by atoms with Gasteiger partial charge in [-0.15, -0.1) is 0 Å².